The molecule has 0 aliphatic carbocycles. The normalized spacial score (nSPS) is 19.1. The van der Waals surface area contributed by atoms with Gasteiger partial charge in [-0.2, -0.15) is 18.3 Å². The highest BCUT2D eigenvalue weighted by molar-refractivity contribution is 9.10. The second-order valence-electron chi connectivity index (χ2n) is 6.22. The number of thiophene rings is 2. The number of rotatable bonds is 4. The minimum absolute atomic E-state index is 0.0693. The van der Waals surface area contributed by atoms with E-state index in [9.17, 15) is 18.0 Å². The van der Waals surface area contributed by atoms with Gasteiger partial charge in [-0.25, -0.2) is 4.68 Å². The number of alkyl halides is 3. The Labute approximate surface area is 174 Å². The maximum Gasteiger partial charge on any atom is 0.410 e. The van der Waals surface area contributed by atoms with E-state index in [1.54, 1.807) is 12.1 Å². The van der Waals surface area contributed by atoms with Crippen LogP contribution in [-0.2, 0) is 6.54 Å². The minimum atomic E-state index is -4.48. The largest absolute Gasteiger partial charge is 0.410 e. The number of hydrogen-bond acceptors (Lipinski definition) is 5. The second-order valence-corrected chi connectivity index (χ2v) is 9.03. The summed E-state index contributed by atoms with van der Waals surface area (Å²) in [6.45, 7) is 0.291. The van der Waals surface area contributed by atoms with Gasteiger partial charge in [-0.05, 0) is 38.8 Å². The van der Waals surface area contributed by atoms with Crippen LogP contribution >= 0.6 is 38.6 Å². The van der Waals surface area contributed by atoms with Crippen molar-refractivity contribution < 1.29 is 18.0 Å². The SMILES string of the molecule is O=C(NCc1cccs1)c1nn2c(c1Br)N[C@@H](c1cccs1)C[C@H]2C(F)(F)F. The van der Waals surface area contributed by atoms with Gasteiger partial charge in [0.25, 0.3) is 5.91 Å². The first-order valence-electron chi connectivity index (χ1n) is 8.30. The molecule has 0 spiro atoms. The number of halogens is 4. The van der Waals surface area contributed by atoms with Gasteiger partial charge in [0, 0.05) is 16.2 Å². The third kappa shape index (κ3) is 3.70. The van der Waals surface area contributed by atoms with Crippen LogP contribution in [0.3, 0.4) is 0 Å². The first kappa shape index (κ1) is 19.5. The van der Waals surface area contributed by atoms with Gasteiger partial charge in [0.05, 0.1) is 17.1 Å². The molecule has 0 fully saturated rings. The Morgan fingerprint density at radius 3 is 2.71 bits per heavy atom. The van der Waals surface area contributed by atoms with Gasteiger partial charge in [-0.15, -0.1) is 22.7 Å². The van der Waals surface area contributed by atoms with Crippen LogP contribution in [0.15, 0.2) is 39.5 Å². The lowest BCUT2D eigenvalue weighted by Crippen LogP contribution is -2.35. The van der Waals surface area contributed by atoms with Gasteiger partial charge in [0.2, 0.25) is 0 Å². The number of anilines is 1. The summed E-state index contributed by atoms with van der Waals surface area (Å²) in [5.74, 6) is -0.370. The Morgan fingerprint density at radius 1 is 1.32 bits per heavy atom. The Morgan fingerprint density at radius 2 is 2.07 bits per heavy atom. The molecule has 148 valence electrons. The predicted octanol–water partition coefficient (Wildman–Crippen LogP) is 5.36. The summed E-state index contributed by atoms with van der Waals surface area (Å²) in [6.07, 6.45) is -4.68. The Kier molecular flexibility index (Phi) is 5.23. The van der Waals surface area contributed by atoms with E-state index in [1.807, 2.05) is 22.9 Å². The van der Waals surface area contributed by atoms with E-state index in [-0.39, 0.29) is 22.4 Å². The number of hydrogen-bond donors (Lipinski definition) is 2. The molecule has 0 unspecified atom stereocenters. The number of nitrogens with one attached hydrogen (secondary N) is 2. The van der Waals surface area contributed by atoms with Gasteiger partial charge in [0.1, 0.15) is 5.82 Å². The lowest BCUT2D eigenvalue weighted by Gasteiger charge is -2.33. The average Bonchev–Trinajstić information content (AvgIpc) is 3.40. The maximum absolute atomic E-state index is 13.7. The molecule has 3 aromatic rings. The molecule has 0 aromatic carbocycles. The van der Waals surface area contributed by atoms with E-state index in [0.717, 1.165) is 14.4 Å². The summed E-state index contributed by atoms with van der Waals surface area (Å²) < 4.78 is 42.2. The monoisotopic (exact) mass is 490 g/mol. The quantitative estimate of drug-likeness (QED) is 0.517. The fraction of sp³-hybridized carbons (Fsp3) is 0.294. The standard InChI is InChI=1S/C17H14BrF3N4OS2/c18-13-14(16(26)22-8-9-3-1-5-27-9)24-25-12(17(19,20)21)7-10(23-15(13)25)11-4-2-6-28-11/h1-6,10,12,23H,7-8H2,(H,22,26)/t10-,12+/m1/s1. The van der Waals surface area contributed by atoms with E-state index in [4.69, 9.17) is 0 Å². The number of fused-ring (bicyclic) bond motifs is 1. The van der Waals surface area contributed by atoms with E-state index in [1.165, 1.54) is 22.7 Å². The molecule has 3 aromatic heterocycles. The maximum atomic E-state index is 13.7. The van der Waals surface area contributed by atoms with Crippen molar-refractivity contribution in [2.45, 2.75) is 31.2 Å². The highest BCUT2D eigenvalue weighted by Crippen LogP contribution is 2.46. The highest BCUT2D eigenvalue weighted by Gasteiger charge is 2.47. The van der Waals surface area contributed by atoms with Gasteiger partial charge in [-0.3, -0.25) is 4.79 Å². The summed E-state index contributed by atoms with van der Waals surface area (Å²) in [5.41, 5.74) is -0.0693. The van der Waals surface area contributed by atoms with Crippen LogP contribution in [0, 0.1) is 0 Å². The zero-order valence-electron chi connectivity index (χ0n) is 14.2. The first-order valence-corrected chi connectivity index (χ1v) is 10.8. The fourth-order valence-corrected chi connectivity index (χ4v) is 5.07. The van der Waals surface area contributed by atoms with Gasteiger partial charge in [0.15, 0.2) is 11.7 Å². The Bertz CT molecular complexity index is 970. The first-order chi connectivity index (χ1) is 13.3. The molecule has 4 heterocycles. The van der Waals surface area contributed by atoms with Crippen LogP contribution in [0.1, 0.15) is 38.7 Å². The van der Waals surface area contributed by atoms with Gasteiger partial charge >= 0.3 is 6.18 Å². The molecule has 2 N–H and O–H groups in total. The molecular formula is C17H14BrF3N4OS2. The number of aromatic nitrogens is 2. The lowest BCUT2D eigenvalue weighted by molar-refractivity contribution is -0.173. The van der Waals surface area contributed by atoms with Crippen LogP contribution < -0.4 is 10.6 Å². The third-order valence-corrected chi connectivity index (χ3v) is 7.01. The molecule has 1 aliphatic heterocycles. The summed E-state index contributed by atoms with van der Waals surface area (Å²) in [5, 5.41) is 13.5. The number of carbonyl (C=O) groups is 1. The lowest BCUT2D eigenvalue weighted by atomic mass is 10.0. The van der Waals surface area contributed by atoms with E-state index < -0.39 is 24.2 Å². The van der Waals surface area contributed by atoms with Gasteiger partial charge < -0.3 is 10.6 Å². The number of nitrogens with zero attached hydrogens (tertiary/aromatic N) is 2. The molecule has 28 heavy (non-hydrogen) atoms. The van der Waals surface area contributed by atoms with Crippen molar-refractivity contribution in [2.75, 3.05) is 5.32 Å². The van der Waals surface area contributed by atoms with Crippen LogP contribution in [-0.4, -0.2) is 21.9 Å². The van der Waals surface area contributed by atoms with Crippen molar-refractivity contribution in [3.8, 4) is 0 Å². The molecular weight excluding hydrogens is 477 g/mol. The van der Waals surface area contributed by atoms with Crippen molar-refractivity contribution in [3.63, 3.8) is 0 Å². The van der Waals surface area contributed by atoms with E-state index in [2.05, 4.69) is 31.7 Å². The number of amides is 1. The number of carbonyl (C=O) groups excluding carboxylic acids is 1. The zero-order valence-corrected chi connectivity index (χ0v) is 17.4. The predicted molar refractivity (Wildman–Crippen MR) is 106 cm³/mol. The van der Waals surface area contributed by atoms with Crippen LogP contribution in [0.4, 0.5) is 19.0 Å². The molecule has 1 aliphatic rings. The topological polar surface area (TPSA) is 59.0 Å². The zero-order chi connectivity index (χ0) is 19.9. The molecule has 2 atom stereocenters. The summed E-state index contributed by atoms with van der Waals surface area (Å²) >= 11 is 6.14. The minimum Gasteiger partial charge on any atom is -0.362 e. The van der Waals surface area contributed by atoms with E-state index >= 15 is 0 Å². The highest BCUT2D eigenvalue weighted by atomic mass is 79.9. The molecule has 0 bridgehead atoms. The summed E-state index contributed by atoms with van der Waals surface area (Å²) in [7, 11) is 0. The Hall–Kier alpha value is -1.85. The van der Waals surface area contributed by atoms with Crippen LogP contribution in [0.25, 0.3) is 0 Å². The average molecular weight is 491 g/mol. The van der Waals surface area contributed by atoms with Crippen molar-refractivity contribution >= 4 is 50.3 Å². The Balaban J connectivity index is 1.65. The molecule has 0 saturated carbocycles. The van der Waals surface area contributed by atoms with Gasteiger partial charge in [-0.1, -0.05) is 12.1 Å². The van der Waals surface area contributed by atoms with E-state index in [0.29, 0.717) is 6.54 Å². The summed E-state index contributed by atoms with van der Waals surface area (Å²) in [6, 6.07) is 5.00. The second kappa shape index (κ2) is 7.53. The molecule has 0 radical (unpaired) electrons. The van der Waals surface area contributed by atoms with Crippen molar-refractivity contribution in [1.82, 2.24) is 15.1 Å². The molecule has 5 nitrogen and oxygen atoms in total. The van der Waals surface area contributed by atoms with Crippen molar-refractivity contribution in [3.05, 3.63) is 54.9 Å². The molecule has 1 amide bonds. The van der Waals surface area contributed by atoms with Crippen LogP contribution in [0.5, 0.6) is 0 Å². The smallest absolute Gasteiger partial charge is 0.362 e. The van der Waals surface area contributed by atoms with Crippen LogP contribution in [0.2, 0.25) is 0 Å². The fourth-order valence-electron chi connectivity index (χ4n) is 3.07. The molecule has 11 heteroatoms. The molecule has 0 saturated heterocycles. The summed E-state index contributed by atoms with van der Waals surface area (Å²) in [4.78, 5) is 14.3. The van der Waals surface area contributed by atoms with Crippen molar-refractivity contribution in [2.24, 2.45) is 0 Å². The van der Waals surface area contributed by atoms with Crippen molar-refractivity contribution in [1.29, 1.82) is 0 Å². The third-order valence-electron chi connectivity index (χ3n) is 4.40. The molecule has 4 rings (SSSR count).